The fourth-order valence-electron chi connectivity index (χ4n) is 3.75. The van der Waals surface area contributed by atoms with Gasteiger partial charge in [-0.3, -0.25) is 0 Å². The zero-order chi connectivity index (χ0) is 22.8. The van der Waals surface area contributed by atoms with Crippen molar-refractivity contribution in [2.24, 2.45) is 0 Å². The van der Waals surface area contributed by atoms with E-state index in [-0.39, 0.29) is 0 Å². The van der Waals surface area contributed by atoms with Crippen molar-refractivity contribution in [3.63, 3.8) is 0 Å². The van der Waals surface area contributed by atoms with Gasteiger partial charge in [-0.15, -0.1) is 16.4 Å². The summed E-state index contributed by atoms with van der Waals surface area (Å²) in [6.07, 6.45) is 0.833. The highest BCUT2D eigenvalue weighted by Crippen LogP contribution is 2.34. The minimum atomic E-state index is 0.531. The molecule has 3 aromatic heterocycles. The molecule has 0 aliphatic carbocycles. The van der Waals surface area contributed by atoms with E-state index in [4.69, 9.17) is 20.6 Å². The molecule has 0 aliphatic rings. The van der Waals surface area contributed by atoms with Gasteiger partial charge >= 0.3 is 0 Å². The van der Waals surface area contributed by atoms with Crippen LogP contribution in [0.4, 0.5) is 11.8 Å². The predicted octanol–water partition coefficient (Wildman–Crippen LogP) is 5.10. The molecule has 5 rings (SSSR count). The lowest BCUT2D eigenvalue weighted by molar-refractivity contribution is 0.414. The van der Waals surface area contributed by atoms with Gasteiger partial charge in [-0.25, -0.2) is 9.67 Å². The number of hydrogen-bond acceptors (Lipinski definition) is 7. The van der Waals surface area contributed by atoms with E-state index in [1.807, 2.05) is 54.8 Å². The zero-order valence-corrected chi connectivity index (χ0v) is 19.3. The number of methoxy groups -OCH3 is 1. The average molecular weight is 457 g/mol. The van der Waals surface area contributed by atoms with Crippen LogP contribution in [0.3, 0.4) is 0 Å². The molecule has 5 aromatic rings. The number of nitrogens with two attached hydrogens (primary N) is 1. The highest BCUT2D eigenvalue weighted by Gasteiger charge is 2.19. The van der Waals surface area contributed by atoms with Gasteiger partial charge in [0.15, 0.2) is 5.65 Å². The van der Waals surface area contributed by atoms with Crippen molar-refractivity contribution < 1.29 is 4.74 Å². The summed E-state index contributed by atoms with van der Waals surface area (Å²) in [7, 11) is 1.67. The number of fused-ring (bicyclic) bond motifs is 1. The van der Waals surface area contributed by atoms with Crippen LogP contribution >= 0.6 is 11.3 Å². The molecular weight excluding hydrogens is 432 g/mol. The normalized spacial score (nSPS) is 11.1. The van der Waals surface area contributed by atoms with E-state index in [1.165, 1.54) is 5.56 Å². The number of nitrogens with zero attached hydrogens (tertiary/aromatic N) is 4. The number of anilines is 2. The van der Waals surface area contributed by atoms with Crippen LogP contribution < -0.4 is 15.8 Å². The first-order valence-corrected chi connectivity index (χ1v) is 11.5. The quantitative estimate of drug-likeness (QED) is 0.354. The van der Waals surface area contributed by atoms with Crippen molar-refractivity contribution in [1.29, 1.82) is 0 Å². The number of nitrogen functional groups attached to an aromatic ring is 1. The van der Waals surface area contributed by atoms with Crippen LogP contribution in [-0.2, 0) is 6.42 Å². The summed E-state index contributed by atoms with van der Waals surface area (Å²) in [6.45, 7) is 2.74. The van der Waals surface area contributed by atoms with E-state index in [9.17, 15) is 0 Å². The van der Waals surface area contributed by atoms with Gasteiger partial charge in [-0.05, 0) is 60.2 Å². The Hall–Kier alpha value is -3.91. The fraction of sp³-hybridized carbons (Fsp3) is 0.160. The second kappa shape index (κ2) is 8.91. The van der Waals surface area contributed by atoms with Crippen molar-refractivity contribution >= 4 is 34.1 Å². The molecule has 0 unspecified atom stereocenters. The molecule has 0 saturated heterocycles. The molecule has 0 fully saturated rings. The van der Waals surface area contributed by atoms with Crippen molar-refractivity contribution in [2.75, 3.05) is 24.7 Å². The molecule has 0 aliphatic heterocycles. The first-order chi connectivity index (χ1) is 16.1. The number of nitrogens with one attached hydrogen (secondary N) is 1. The number of benzene rings is 2. The third-order valence-corrected chi connectivity index (χ3v) is 6.30. The van der Waals surface area contributed by atoms with Crippen molar-refractivity contribution in [1.82, 2.24) is 19.7 Å². The maximum atomic E-state index is 6.57. The zero-order valence-electron chi connectivity index (χ0n) is 18.4. The Bertz CT molecular complexity index is 1390. The molecule has 2 aromatic carbocycles. The van der Waals surface area contributed by atoms with Crippen LogP contribution in [0.25, 0.3) is 27.3 Å². The highest BCUT2D eigenvalue weighted by molar-refractivity contribution is 7.13. The smallest absolute Gasteiger partial charge is 0.225 e. The van der Waals surface area contributed by atoms with E-state index in [1.54, 1.807) is 23.1 Å². The molecule has 0 saturated carbocycles. The Morgan fingerprint density at radius 1 is 1.06 bits per heavy atom. The lowest BCUT2D eigenvalue weighted by Crippen LogP contribution is -2.08. The molecule has 8 heteroatoms. The minimum Gasteiger partial charge on any atom is -0.497 e. The molecule has 0 amide bonds. The lowest BCUT2D eigenvalue weighted by Gasteiger charge is -2.08. The van der Waals surface area contributed by atoms with E-state index in [2.05, 4.69) is 28.5 Å². The minimum absolute atomic E-state index is 0.531. The van der Waals surface area contributed by atoms with Gasteiger partial charge in [0.25, 0.3) is 0 Å². The van der Waals surface area contributed by atoms with Gasteiger partial charge in [-0.2, -0.15) is 4.98 Å². The standard InChI is InChI=1S/C25H24N6OS/c1-16-5-3-6-18(15-16)31-23(26)21-22(20-7-4-14-33-20)28-25(29-24(21)30-31)27-13-12-17-8-10-19(32-2)11-9-17/h3-11,14-15H,12-13,26H2,1-2H3,(H,27,29,30). The SMILES string of the molecule is COc1ccc(CCNc2nc(-c3cccs3)c3c(N)n(-c4cccc(C)c4)nc3n2)cc1. The summed E-state index contributed by atoms with van der Waals surface area (Å²) in [5.74, 6) is 1.92. The molecule has 0 atom stereocenters. The van der Waals surface area contributed by atoms with Crippen LogP contribution in [0.15, 0.2) is 66.0 Å². The lowest BCUT2D eigenvalue weighted by atomic mass is 10.1. The predicted molar refractivity (Wildman–Crippen MR) is 134 cm³/mol. The van der Waals surface area contributed by atoms with E-state index < -0.39 is 0 Å². The van der Waals surface area contributed by atoms with Crippen LogP contribution in [0, 0.1) is 6.92 Å². The molecule has 0 spiro atoms. The summed E-state index contributed by atoms with van der Waals surface area (Å²) < 4.78 is 6.97. The van der Waals surface area contributed by atoms with Crippen molar-refractivity contribution in [2.45, 2.75) is 13.3 Å². The highest BCUT2D eigenvalue weighted by atomic mass is 32.1. The summed E-state index contributed by atoms with van der Waals surface area (Å²) in [5.41, 5.74) is 11.2. The summed E-state index contributed by atoms with van der Waals surface area (Å²) in [4.78, 5) is 10.5. The molecule has 0 radical (unpaired) electrons. The van der Waals surface area contributed by atoms with Crippen LogP contribution in [0.2, 0.25) is 0 Å². The molecule has 3 N–H and O–H groups in total. The van der Waals surface area contributed by atoms with Crippen LogP contribution in [-0.4, -0.2) is 33.4 Å². The van der Waals surface area contributed by atoms with Gasteiger partial charge in [0.1, 0.15) is 11.6 Å². The van der Waals surface area contributed by atoms with Gasteiger partial charge in [0, 0.05) is 6.54 Å². The second-order valence-electron chi connectivity index (χ2n) is 7.73. The second-order valence-corrected chi connectivity index (χ2v) is 8.68. The third-order valence-electron chi connectivity index (χ3n) is 5.43. The van der Waals surface area contributed by atoms with E-state index in [0.717, 1.165) is 39.4 Å². The Morgan fingerprint density at radius 3 is 2.64 bits per heavy atom. The van der Waals surface area contributed by atoms with E-state index in [0.29, 0.717) is 24.0 Å². The largest absolute Gasteiger partial charge is 0.497 e. The Kier molecular flexibility index (Phi) is 5.66. The molecule has 33 heavy (non-hydrogen) atoms. The number of hydrogen-bond donors (Lipinski definition) is 2. The Labute approximate surface area is 195 Å². The molecule has 3 heterocycles. The third kappa shape index (κ3) is 4.25. The maximum absolute atomic E-state index is 6.57. The van der Waals surface area contributed by atoms with Crippen LogP contribution in [0.1, 0.15) is 11.1 Å². The van der Waals surface area contributed by atoms with E-state index >= 15 is 0 Å². The Morgan fingerprint density at radius 2 is 1.91 bits per heavy atom. The van der Waals surface area contributed by atoms with Crippen molar-refractivity contribution in [3.05, 3.63) is 77.2 Å². The number of aryl methyl sites for hydroxylation is 1. The summed E-state index contributed by atoms with van der Waals surface area (Å²) in [6, 6.07) is 20.2. The van der Waals surface area contributed by atoms with Gasteiger partial charge < -0.3 is 15.8 Å². The summed E-state index contributed by atoms with van der Waals surface area (Å²) in [5, 5.41) is 10.9. The van der Waals surface area contributed by atoms with Gasteiger partial charge in [0.2, 0.25) is 5.95 Å². The molecule has 7 nitrogen and oxygen atoms in total. The molecule has 166 valence electrons. The topological polar surface area (TPSA) is 90.9 Å². The summed E-state index contributed by atoms with van der Waals surface area (Å²) >= 11 is 1.62. The fourth-order valence-corrected chi connectivity index (χ4v) is 4.47. The first kappa shape index (κ1) is 21.0. The molecule has 0 bridgehead atoms. The van der Waals surface area contributed by atoms with Crippen LogP contribution in [0.5, 0.6) is 5.75 Å². The van der Waals surface area contributed by atoms with Crippen molar-refractivity contribution in [3.8, 4) is 22.0 Å². The monoisotopic (exact) mass is 456 g/mol. The van der Waals surface area contributed by atoms with Gasteiger partial charge in [-0.1, -0.05) is 30.3 Å². The number of thiophene rings is 1. The average Bonchev–Trinajstić information content (AvgIpc) is 3.48. The maximum Gasteiger partial charge on any atom is 0.225 e. The number of rotatable bonds is 7. The number of ether oxygens (including phenoxy) is 1. The first-order valence-electron chi connectivity index (χ1n) is 10.7. The number of aromatic nitrogens is 4. The molecular formula is C25H24N6OS. The Balaban J connectivity index is 1.49. The van der Waals surface area contributed by atoms with Gasteiger partial charge in [0.05, 0.1) is 28.8 Å².